The van der Waals surface area contributed by atoms with Crippen molar-refractivity contribution in [2.45, 2.75) is 39.4 Å². The van der Waals surface area contributed by atoms with Crippen LogP contribution in [-0.4, -0.2) is 29.3 Å². The van der Waals surface area contributed by atoms with E-state index < -0.39 is 0 Å². The smallest absolute Gasteiger partial charge is 0.213 e. The number of aliphatic hydroxyl groups is 1. The summed E-state index contributed by atoms with van der Waals surface area (Å²) in [7, 11) is 0. The number of para-hydroxylation sites is 1. The van der Waals surface area contributed by atoms with Gasteiger partial charge in [0.25, 0.3) is 0 Å². The van der Waals surface area contributed by atoms with Gasteiger partial charge in [0.15, 0.2) is 0 Å². The van der Waals surface area contributed by atoms with Crippen LogP contribution in [0.2, 0.25) is 0 Å². The molecule has 0 bridgehead atoms. The fourth-order valence-electron chi connectivity index (χ4n) is 3.80. The van der Waals surface area contributed by atoms with Crippen LogP contribution in [0.5, 0.6) is 17.4 Å². The lowest BCUT2D eigenvalue weighted by Gasteiger charge is -2.22. The highest BCUT2D eigenvalue weighted by Gasteiger charge is 2.26. The molecule has 1 aliphatic heterocycles. The molecule has 0 saturated carbocycles. The summed E-state index contributed by atoms with van der Waals surface area (Å²) >= 11 is 0. The van der Waals surface area contributed by atoms with Gasteiger partial charge < -0.3 is 19.5 Å². The van der Waals surface area contributed by atoms with Gasteiger partial charge >= 0.3 is 0 Å². The molecule has 0 radical (unpaired) electrons. The van der Waals surface area contributed by atoms with Gasteiger partial charge in [-0.15, -0.1) is 0 Å². The van der Waals surface area contributed by atoms with Crippen molar-refractivity contribution in [2.75, 3.05) is 18.0 Å². The van der Waals surface area contributed by atoms with Crippen LogP contribution < -0.4 is 14.4 Å². The molecule has 2 aromatic carbocycles. The standard InChI is InChI=1S/C25H28N2O3/c1-3-19-6-4-5-7-24(19)29-21-10-9-20(17-28)23(14-21)27-13-12-22(16-27)30-25-11-8-18(2)15-26-25/h4-11,14-15,22,28H,3,12-13,16-17H2,1-2H3/t22-/m0/s1. The minimum absolute atomic E-state index is 0.0112. The van der Waals surface area contributed by atoms with E-state index in [0.717, 1.165) is 54.2 Å². The Balaban J connectivity index is 1.50. The second kappa shape index (κ2) is 9.18. The summed E-state index contributed by atoms with van der Waals surface area (Å²) < 4.78 is 12.2. The van der Waals surface area contributed by atoms with Crippen LogP contribution in [0.4, 0.5) is 5.69 Å². The molecule has 5 nitrogen and oxygen atoms in total. The van der Waals surface area contributed by atoms with E-state index in [2.05, 4.69) is 22.9 Å². The molecule has 2 heterocycles. The second-order valence-corrected chi connectivity index (χ2v) is 7.66. The van der Waals surface area contributed by atoms with Crippen molar-refractivity contribution in [3.05, 3.63) is 77.5 Å². The Morgan fingerprint density at radius 3 is 2.73 bits per heavy atom. The lowest BCUT2D eigenvalue weighted by molar-refractivity contribution is 0.215. The number of nitrogens with zero attached hydrogens (tertiary/aromatic N) is 2. The number of anilines is 1. The Hall–Kier alpha value is -3.05. The lowest BCUT2D eigenvalue weighted by Crippen LogP contribution is -2.25. The zero-order valence-electron chi connectivity index (χ0n) is 17.5. The molecule has 1 aromatic heterocycles. The maximum atomic E-state index is 9.86. The molecule has 4 rings (SSSR count). The molecule has 0 aliphatic carbocycles. The normalized spacial score (nSPS) is 16.0. The number of pyridine rings is 1. The van der Waals surface area contributed by atoms with Crippen molar-refractivity contribution < 1.29 is 14.6 Å². The molecular weight excluding hydrogens is 376 g/mol. The van der Waals surface area contributed by atoms with E-state index in [1.807, 2.05) is 61.7 Å². The largest absolute Gasteiger partial charge is 0.472 e. The van der Waals surface area contributed by atoms with Crippen LogP contribution in [-0.2, 0) is 13.0 Å². The Morgan fingerprint density at radius 2 is 1.97 bits per heavy atom. The summed E-state index contributed by atoms with van der Waals surface area (Å²) in [6, 6.07) is 17.9. The molecule has 0 spiro atoms. The maximum Gasteiger partial charge on any atom is 0.213 e. The molecule has 1 saturated heterocycles. The van der Waals surface area contributed by atoms with Gasteiger partial charge in [0.2, 0.25) is 5.88 Å². The fourth-order valence-corrected chi connectivity index (χ4v) is 3.80. The molecule has 0 unspecified atom stereocenters. The van der Waals surface area contributed by atoms with E-state index in [1.54, 1.807) is 0 Å². The monoisotopic (exact) mass is 404 g/mol. The number of hydrogen-bond donors (Lipinski definition) is 1. The van der Waals surface area contributed by atoms with Gasteiger partial charge in [0, 0.05) is 42.5 Å². The number of benzene rings is 2. The van der Waals surface area contributed by atoms with Gasteiger partial charge in [0.1, 0.15) is 17.6 Å². The quantitative estimate of drug-likeness (QED) is 0.607. The van der Waals surface area contributed by atoms with Gasteiger partial charge in [-0.1, -0.05) is 37.3 Å². The highest BCUT2D eigenvalue weighted by Crippen LogP contribution is 2.33. The Morgan fingerprint density at radius 1 is 1.10 bits per heavy atom. The van der Waals surface area contributed by atoms with Crippen molar-refractivity contribution in [3.63, 3.8) is 0 Å². The van der Waals surface area contributed by atoms with Crippen molar-refractivity contribution in [2.24, 2.45) is 0 Å². The first-order chi connectivity index (χ1) is 14.7. The third-order valence-corrected chi connectivity index (χ3v) is 5.47. The van der Waals surface area contributed by atoms with Gasteiger partial charge in [-0.05, 0) is 36.6 Å². The summed E-state index contributed by atoms with van der Waals surface area (Å²) in [6.07, 6.45) is 3.71. The van der Waals surface area contributed by atoms with Crippen LogP contribution in [0.25, 0.3) is 0 Å². The minimum Gasteiger partial charge on any atom is -0.472 e. The first kappa shape index (κ1) is 20.2. The molecule has 1 aliphatic rings. The molecule has 0 amide bonds. The predicted molar refractivity (Wildman–Crippen MR) is 118 cm³/mol. The summed E-state index contributed by atoms with van der Waals surface area (Å²) in [5.74, 6) is 2.30. The molecule has 5 heteroatoms. The fraction of sp³-hybridized carbons (Fsp3) is 0.320. The highest BCUT2D eigenvalue weighted by molar-refractivity contribution is 5.58. The lowest BCUT2D eigenvalue weighted by atomic mass is 10.1. The zero-order valence-corrected chi connectivity index (χ0v) is 17.5. The van der Waals surface area contributed by atoms with Crippen LogP contribution >= 0.6 is 0 Å². The van der Waals surface area contributed by atoms with Gasteiger partial charge in [-0.2, -0.15) is 0 Å². The van der Waals surface area contributed by atoms with E-state index in [0.29, 0.717) is 5.88 Å². The number of aryl methyl sites for hydroxylation is 2. The van der Waals surface area contributed by atoms with Crippen molar-refractivity contribution in [1.82, 2.24) is 4.98 Å². The van der Waals surface area contributed by atoms with Crippen LogP contribution in [0.3, 0.4) is 0 Å². The van der Waals surface area contributed by atoms with Crippen molar-refractivity contribution in [1.29, 1.82) is 0 Å². The zero-order chi connectivity index (χ0) is 20.9. The molecule has 156 valence electrons. The van der Waals surface area contributed by atoms with E-state index in [-0.39, 0.29) is 12.7 Å². The van der Waals surface area contributed by atoms with Gasteiger partial charge in [0.05, 0.1) is 13.2 Å². The number of ether oxygens (including phenoxy) is 2. The maximum absolute atomic E-state index is 9.86. The van der Waals surface area contributed by atoms with E-state index in [4.69, 9.17) is 9.47 Å². The number of hydrogen-bond acceptors (Lipinski definition) is 5. The van der Waals surface area contributed by atoms with E-state index in [1.165, 1.54) is 5.56 Å². The number of aliphatic hydroxyl groups excluding tert-OH is 1. The van der Waals surface area contributed by atoms with Crippen LogP contribution in [0.1, 0.15) is 30.0 Å². The molecular formula is C25H28N2O3. The Labute approximate surface area is 177 Å². The van der Waals surface area contributed by atoms with Gasteiger partial charge in [-0.3, -0.25) is 0 Å². The van der Waals surface area contributed by atoms with E-state index in [9.17, 15) is 5.11 Å². The van der Waals surface area contributed by atoms with Crippen molar-refractivity contribution >= 4 is 5.69 Å². The first-order valence-corrected chi connectivity index (χ1v) is 10.5. The molecule has 1 N–H and O–H groups in total. The average Bonchev–Trinajstić information content (AvgIpc) is 3.24. The van der Waals surface area contributed by atoms with Crippen LogP contribution in [0, 0.1) is 6.92 Å². The summed E-state index contributed by atoms with van der Waals surface area (Å²) in [5.41, 5.74) is 4.17. The second-order valence-electron chi connectivity index (χ2n) is 7.66. The van der Waals surface area contributed by atoms with Gasteiger partial charge in [-0.25, -0.2) is 4.98 Å². The highest BCUT2D eigenvalue weighted by atomic mass is 16.5. The molecule has 1 fully saturated rings. The number of rotatable bonds is 7. The topological polar surface area (TPSA) is 54.8 Å². The SMILES string of the molecule is CCc1ccccc1Oc1ccc(CO)c(N2CC[C@H](Oc3ccc(C)cn3)C2)c1. The average molecular weight is 405 g/mol. The first-order valence-electron chi connectivity index (χ1n) is 10.5. The predicted octanol–water partition coefficient (Wildman–Crippen LogP) is 4.89. The van der Waals surface area contributed by atoms with Crippen molar-refractivity contribution in [3.8, 4) is 17.4 Å². The third-order valence-electron chi connectivity index (χ3n) is 5.47. The molecule has 1 atom stereocenters. The number of aromatic nitrogens is 1. The van der Waals surface area contributed by atoms with E-state index >= 15 is 0 Å². The van der Waals surface area contributed by atoms with Crippen LogP contribution in [0.15, 0.2) is 60.8 Å². The minimum atomic E-state index is -0.0112. The molecule has 3 aromatic rings. The molecule has 30 heavy (non-hydrogen) atoms. The summed E-state index contributed by atoms with van der Waals surface area (Å²) in [4.78, 5) is 6.60. The Kier molecular flexibility index (Phi) is 6.19. The summed E-state index contributed by atoms with van der Waals surface area (Å²) in [5, 5.41) is 9.86. The Bertz CT molecular complexity index is 988. The third kappa shape index (κ3) is 4.57. The summed E-state index contributed by atoms with van der Waals surface area (Å²) in [6.45, 7) is 5.73.